The Hall–Kier alpha value is -1.15. The fourth-order valence-electron chi connectivity index (χ4n) is 3.11. The van der Waals surface area contributed by atoms with Crippen LogP contribution in [0.3, 0.4) is 0 Å². The van der Waals surface area contributed by atoms with Crippen LogP contribution in [0.15, 0.2) is 36.2 Å². The molecule has 0 unspecified atom stereocenters. The van der Waals surface area contributed by atoms with Crippen molar-refractivity contribution in [2.75, 3.05) is 6.61 Å². The van der Waals surface area contributed by atoms with E-state index in [1.807, 2.05) is 0 Å². The minimum atomic E-state index is 0.259. The minimum absolute atomic E-state index is 0.259. The molecule has 2 bridgehead atoms. The SMILES string of the molecule is CC1=CC[C@@H]2CO[C@H](c3ccc[n+](C)c3)[C@H]1C2. The number of fused-ring (bicyclic) bond motifs is 2. The molecule has 90 valence electrons. The number of aryl methyl sites for hydroxylation is 1. The zero-order chi connectivity index (χ0) is 11.8. The summed E-state index contributed by atoms with van der Waals surface area (Å²) in [6.45, 7) is 3.18. The van der Waals surface area contributed by atoms with E-state index < -0.39 is 0 Å². The first-order chi connectivity index (χ1) is 8.24. The molecular formula is C15H20NO+. The van der Waals surface area contributed by atoms with Crippen molar-refractivity contribution < 1.29 is 9.30 Å². The van der Waals surface area contributed by atoms with E-state index in [4.69, 9.17) is 4.74 Å². The summed E-state index contributed by atoms with van der Waals surface area (Å²) in [5.74, 6) is 1.34. The van der Waals surface area contributed by atoms with Gasteiger partial charge in [-0.15, -0.1) is 0 Å². The Morgan fingerprint density at radius 3 is 3.12 bits per heavy atom. The normalized spacial score (nSPS) is 32.1. The van der Waals surface area contributed by atoms with Gasteiger partial charge in [0.05, 0.1) is 12.7 Å². The first-order valence-corrected chi connectivity index (χ1v) is 6.47. The summed E-state index contributed by atoms with van der Waals surface area (Å²) in [7, 11) is 2.07. The van der Waals surface area contributed by atoms with Crippen molar-refractivity contribution in [1.29, 1.82) is 0 Å². The third-order valence-corrected chi connectivity index (χ3v) is 4.11. The molecule has 1 fully saturated rings. The average Bonchev–Trinajstić information content (AvgIpc) is 2.34. The fourth-order valence-corrected chi connectivity index (χ4v) is 3.11. The highest BCUT2D eigenvalue weighted by Crippen LogP contribution is 2.43. The summed E-state index contributed by atoms with van der Waals surface area (Å²) >= 11 is 0. The molecule has 1 aromatic rings. The molecule has 0 saturated carbocycles. The molecule has 2 heteroatoms. The Kier molecular flexibility index (Phi) is 2.75. The molecule has 3 atom stereocenters. The van der Waals surface area contributed by atoms with Gasteiger partial charge in [0.2, 0.25) is 0 Å². The molecule has 1 saturated heterocycles. The van der Waals surface area contributed by atoms with Crippen molar-refractivity contribution in [1.82, 2.24) is 0 Å². The summed E-state index contributed by atoms with van der Waals surface area (Å²) in [4.78, 5) is 0. The molecule has 3 rings (SSSR count). The first-order valence-electron chi connectivity index (χ1n) is 6.47. The van der Waals surface area contributed by atoms with Crippen LogP contribution in [0.4, 0.5) is 0 Å². The van der Waals surface area contributed by atoms with E-state index >= 15 is 0 Å². The summed E-state index contributed by atoms with van der Waals surface area (Å²) in [5, 5.41) is 0. The third-order valence-electron chi connectivity index (χ3n) is 4.11. The smallest absolute Gasteiger partial charge is 0.174 e. The van der Waals surface area contributed by atoms with Gasteiger partial charge in [0, 0.05) is 17.5 Å². The van der Waals surface area contributed by atoms with Crippen LogP contribution < -0.4 is 4.57 Å². The second kappa shape index (κ2) is 4.26. The number of pyridine rings is 1. The van der Waals surface area contributed by atoms with E-state index in [9.17, 15) is 0 Å². The van der Waals surface area contributed by atoms with Crippen molar-refractivity contribution >= 4 is 0 Å². The van der Waals surface area contributed by atoms with Crippen molar-refractivity contribution in [2.24, 2.45) is 18.9 Å². The summed E-state index contributed by atoms with van der Waals surface area (Å²) in [6.07, 6.45) is 9.43. The van der Waals surface area contributed by atoms with Gasteiger partial charge in [-0.3, -0.25) is 0 Å². The highest BCUT2D eigenvalue weighted by atomic mass is 16.5. The zero-order valence-electron chi connectivity index (χ0n) is 10.6. The Labute approximate surface area is 103 Å². The van der Waals surface area contributed by atoms with Gasteiger partial charge in [0.25, 0.3) is 0 Å². The second-order valence-corrected chi connectivity index (χ2v) is 5.45. The predicted octanol–water partition coefficient (Wildman–Crippen LogP) is 2.55. The minimum Gasteiger partial charge on any atom is -0.372 e. The maximum Gasteiger partial charge on any atom is 0.174 e. The maximum atomic E-state index is 6.10. The lowest BCUT2D eigenvalue weighted by atomic mass is 9.75. The molecule has 17 heavy (non-hydrogen) atoms. The van der Waals surface area contributed by atoms with Crippen LogP contribution in [0.1, 0.15) is 31.4 Å². The molecule has 0 spiro atoms. The molecule has 1 aliphatic carbocycles. The Balaban J connectivity index is 1.93. The van der Waals surface area contributed by atoms with Crippen molar-refractivity contribution in [3.63, 3.8) is 0 Å². The zero-order valence-corrected chi connectivity index (χ0v) is 10.6. The summed E-state index contributed by atoms with van der Waals surface area (Å²) in [5.41, 5.74) is 2.82. The standard InChI is InChI=1S/C15H20NO/c1-11-5-6-12-8-14(11)15(17-10-12)13-4-3-7-16(2)9-13/h3-5,7,9,12,14-15H,6,8,10H2,1-2H3/q+1/t12-,14-,15+/m0/s1. The van der Waals surface area contributed by atoms with Crippen molar-refractivity contribution in [3.05, 3.63) is 41.7 Å². The quantitative estimate of drug-likeness (QED) is 0.534. The van der Waals surface area contributed by atoms with Gasteiger partial charge in [-0.1, -0.05) is 11.6 Å². The van der Waals surface area contributed by atoms with Gasteiger partial charge in [0.1, 0.15) is 7.05 Å². The molecule has 1 aromatic heterocycles. The van der Waals surface area contributed by atoms with Crippen molar-refractivity contribution in [3.8, 4) is 0 Å². The molecule has 0 N–H and O–H groups in total. The number of nitrogens with zero attached hydrogens (tertiary/aromatic N) is 1. The highest BCUT2D eigenvalue weighted by Gasteiger charge is 2.36. The number of allylic oxidation sites excluding steroid dienone is 1. The number of hydrogen-bond acceptors (Lipinski definition) is 1. The van der Waals surface area contributed by atoms with Gasteiger partial charge in [-0.2, -0.15) is 0 Å². The van der Waals surface area contributed by atoms with Gasteiger partial charge in [-0.25, -0.2) is 4.57 Å². The Bertz CT molecular complexity index is 452. The van der Waals surface area contributed by atoms with Gasteiger partial charge in [-0.05, 0) is 31.7 Å². The average molecular weight is 230 g/mol. The lowest BCUT2D eigenvalue weighted by Gasteiger charge is -2.39. The van der Waals surface area contributed by atoms with Crippen LogP contribution in [0.5, 0.6) is 0 Å². The van der Waals surface area contributed by atoms with Crippen LogP contribution in [0.25, 0.3) is 0 Å². The van der Waals surface area contributed by atoms with E-state index in [-0.39, 0.29) is 6.10 Å². The molecule has 2 aliphatic rings. The Morgan fingerprint density at radius 1 is 1.41 bits per heavy atom. The van der Waals surface area contributed by atoms with Crippen LogP contribution >= 0.6 is 0 Å². The van der Waals surface area contributed by atoms with E-state index in [0.29, 0.717) is 5.92 Å². The largest absolute Gasteiger partial charge is 0.372 e. The van der Waals surface area contributed by atoms with Crippen LogP contribution in [0, 0.1) is 11.8 Å². The predicted molar refractivity (Wildman–Crippen MR) is 66.3 cm³/mol. The van der Waals surface area contributed by atoms with Crippen molar-refractivity contribution in [2.45, 2.75) is 25.9 Å². The van der Waals surface area contributed by atoms with Crippen LogP contribution in [0.2, 0.25) is 0 Å². The van der Waals surface area contributed by atoms with Gasteiger partial charge >= 0.3 is 0 Å². The van der Waals surface area contributed by atoms with Crippen LogP contribution in [-0.4, -0.2) is 6.61 Å². The summed E-state index contributed by atoms with van der Waals surface area (Å²) in [6, 6.07) is 4.29. The highest BCUT2D eigenvalue weighted by molar-refractivity contribution is 5.20. The molecule has 2 nitrogen and oxygen atoms in total. The fraction of sp³-hybridized carbons (Fsp3) is 0.533. The first kappa shape index (κ1) is 11.0. The van der Waals surface area contributed by atoms with E-state index in [0.717, 1.165) is 12.5 Å². The van der Waals surface area contributed by atoms with E-state index in [1.165, 1.54) is 24.0 Å². The van der Waals surface area contributed by atoms with E-state index in [1.54, 1.807) is 0 Å². The molecule has 1 aliphatic heterocycles. The number of hydrogen-bond donors (Lipinski definition) is 0. The van der Waals surface area contributed by atoms with Gasteiger partial charge in [0.15, 0.2) is 12.4 Å². The number of rotatable bonds is 1. The molecule has 0 aromatic carbocycles. The monoisotopic (exact) mass is 230 g/mol. The van der Waals surface area contributed by atoms with E-state index in [2.05, 4.69) is 49.1 Å². The molecular weight excluding hydrogens is 210 g/mol. The lowest BCUT2D eigenvalue weighted by Crippen LogP contribution is -2.34. The van der Waals surface area contributed by atoms with Crippen LogP contribution in [-0.2, 0) is 11.8 Å². The molecule has 0 amide bonds. The third kappa shape index (κ3) is 2.02. The Morgan fingerprint density at radius 2 is 2.29 bits per heavy atom. The van der Waals surface area contributed by atoms with Gasteiger partial charge < -0.3 is 4.74 Å². The topological polar surface area (TPSA) is 13.1 Å². The molecule has 0 radical (unpaired) electrons. The summed E-state index contributed by atoms with van der Waals surface area (Å²) < 4.78 is 8.21. The lowest BCUT2D eigenvalue weighted by molar-refractivity contribution is -0.672. The number of aromatic nitrogens is 1. The second-order valence-electron chi connectivity index (χ2n) is 5.45. The maximum absolute atomic E-state index is 6.10. The molecule has 2 heterocycles. The number of ether oxygens (including phenoxy) is 1.